The number of esters is 1. The summed E-state index contributed by atoms with van der Waals surface area (Å²) in [4.78, 5) is 38.2. The SMILES string of the molecule is COC(=O)[C@@H](NC(=O)O[C@H]1C(=O)c2ccc(OC)cc2O[C@@H]1c1ccc2c(c1)OCO2)C(C)C. The second-order valence-corrected chi connectivity index (χ2v) is 8.09. The molecule has 0 aliphatic carbocycles. The van der Waals surface area contributed by atoms with Crippen LogP contribution in [0.15, 0.2) is 36.4 Å². The minimum Gasteiger partial charge on any atom is -0.497 e. The number of fused-ring (bicyclic) bond motifs is 2. The fourth-order valence-electron chi connectivity index (χ4n) is 3.77. The summed E-state index contributed by atoms with van der Waals surface area (Å²) in [7, 11) is 2.73. The largest absolute Gasteiger partial charge is 0.497 e. The minimum atomic E-state index is -1.33. The Bertz CT molecular complexity index is 1110. The zero-order chi connectivity index (χ0) is 24.4. The van der Waals surface area contributed by atoms with Crippen LogP contribution in [0.1, 0.15) is 35.9 Å². The van der Waals surface area contributed by atoms with E-state index in [1.165, 1.54) is 14.2 Å². The van der Waals surface area contributed by atoms with Gasteiger partial charge in [-0.3, -0.25) is 4.79 Å². The molecule has 2 aromatic carbocycles. The predicted octanol–water partition coefficient (Wildman–Crippen LogP) is 3.03. The third kappa shape index (κ3) is 4.43. The number of benzene rings is 2. The summed E-state index contributed by atoms with van der Waals surface area (Å²) in [6.45, 7) is 3.57. The highest BCUT2D eigenvalue weighted by Crippen LogP contribution is 2.41. The van der Waals surface area contributed by atoms with Gasteiger partial charge in [-0.1, -0.05) is 19.9 Å². The van der Waals surface area contributed by atoms with Gasteiger partial charge in [0, 0.05) is 11.6 Å². The molecule has 180 valence electrons. The Balaban J connectivity index is 1.66. The van der Waals surface area contributed by atoms with Crippen molar-refractivity contribution >= 4 is 17.8 Å². The second kappa shape index (κ2) is 9.50. The van der Waals surface area contributed by atoms with Gasteiger partial charge in [-0.05, 0) is 30.2 Å². The average Bonchev–Trinajstić information content (AvgIpc) is 3.31. The average molecular weight is 471 g/mol. The first-order valence-corrected chi connectivity index (χ1v) is 10.7. The van der Waals surface area contributed by atoms with Crippen LogP contribution in [0, 0.1) is 5.92 Å². The number of ketones is 1. The summed E-state index contributed by atoms with van der Waals surface area (Å²) >= 11 is 0. The van der Waals surface area contributed by atoms with Crippen LogP contribution in [-0.2, 0) is 14.3 Å². The normalized spacial score (nSPS) is 19.0. The highest BCUT2D eigenvalue weighted by Gasteiger charge is 2.42. The number of rotatable bonds is 6. The maximum absolute atomic E-state index is 13.4. The number of hydrogen-bond acceptors (Lipinski definition) is 9. The van der Waals surface area contributed by atoms with Crippen LogP contribution in [0.3, 0.4) is 0 Å². The van der Waals surface area contributed by atoms with Gasteiger partial charge in [0.15, 0.2) is 17.6 Å². The molecule has 0 aromatic heterocycles. The van der Waals surface area contributed by atoms with E-state index in [0.29, 0.717) is 28.6 Å². The molecule has 0 saturated carbocycles. The number of ether oxygens (including phenoxy) is 6. The van der Waals surface area contributed by atoms with E-state index >= 15 is 0 Å². The molecular formula is C24H25NO9. The lowest BCUT2D eigenvalue weighted by atomic mass is 9.93. The van der Waals surface area contributed by atoms with E-state index < -0.39 is 36.1 Å². The third-order valence-corrected chi connectivity index (χ3v) is 5.60. The molecule has 10 heteroatoms. The molecule has 4 rings (SSSR count). The van der Waals surface area contributed by atoms with Crippen molar-refractivity contribution in [2.24, 2.45) is 5.92 Å². The van der Waals surface area contributed by atoms with E-state index in [1.54, 1.807) is 50.2 Å². The van der Waals surface area contributed by atoms with E-state index in [9.17, 15) is 14.4 Å². The van der Waals surface area contributed by atoms with Gasteiger partial charge in [0.05, 0.1) is 19.8 Å². The Morgan fingerprint density at radius 1 is 1.03 bits per heavy atom. The molecule has 0 saturated heterocycles. The van der Waals surface area contributed by atoms with Crippen LogP contribution < -0.4 is 24.3 Å². The van der Waals surface area contributed by atoms with Gasteiger partial charge in [0.2, 0.25) is 18.7 Å². The zero-order valence-corrected chi connectivity index (χ0v) is 19.2. The van der Waals surface area contributed by atoms with Gasteiger partial charge in [0.1, 0.15) is 17.5 Å². The van der Waals surface area contributed by atoms with Crippen molar-refractivity contribution < 1.29 is 42.8 Å². The Labute approximate surface area is 196 Å². The van der Waals surface area contributed by atoms with Crippen molar-refractivity contribution in [1.82, 2.24) is 5.32 Å². The number of amides is 1. The van der Waals surface area contributed by atoms with Gasteiger partial charge >= 0.3 is 12.1 Å². The molecule has 2 heterocycles. The molecule has 2 aliphatic heterocycles. The topological polar surface area (TPSA) is 119 Å². The van der Waals surface area contributed by atoms with Crippen LogP contribution in [0.2, 0.25) is 0 Å². The Kier molecular flexibility index (Phi) is 6.49. The van der Waals surface area contributed by atoms with Crippen molar-refractivity contribution in [3.8, 4) is 23.0 Å². The molecule has 0 unspecified atom stereocenters. The molecule has 1 amide bonds. The molecule has 3 atom stereocenters. The number of nitrogens with one attached hydrogen (secondary N) is 1. The van der Waals surface area contributed by atoms with Gasteiger partial charge < -0.3 is 33.7 Å². The lowest BCUT2D eigenvalue weighted by molar-refractivity contribution is -0.144. The van der Waals surface area contributed by atoms with Crippen LogP contribution in [0.4, 0.5) is 4.79 Å². The monoisotopic (exact) mass is 471 g/mol. The highest BCUT2D eigenvalue weighted by molar-refractivity contribution is 6.04. The summed E-state index contributed by atoms with van der Waals surface area (Å²) in [5.41, 5.74) is 0.779. The van der Waals surface area contributed by atoms with Crippen molar-refractivity contribution in [1.29, 1.82) is 0 Å². The van der Waals surface area contributed by atoms with Gasteiger partial charge in [-0.15, -0.1) is 0 Å². The molecule has 2 aromatic rings. The molecule has 0 spiro atoms. The number of carbonyl (C=O) groups excluding carboxylic acids is 3. The summed E-state index contributed by atoms with van der Waals surface area (Å²) in [6.07, 6.45) is -3.26. The first kappa shape index (κ1) is 23.2. The standard InChI is InChI=1S/C24H25NO9/c1-12(2)19(23(27)30-4)25-24(28)34-22-20(26)15-7-6-14(29-3)10-17(15)33-21(22)13-5-8-16-18(9-13)32-11-31-16/h5-10,12,19,21-22H,11H2,1-4H3,(H,25,28)/t19-,21+,22-/m0/s1. The number of carbonyl (C=O) groups is 3. The molecule has 10 nitrogen and oxygen atoms in total. The first-order valence-electron chi connectivity index (χ1n) is 10.7. The van der Waals surface area contributed by atoms with E-state index in [-0.39, 0.29) is 18.3 Å². The minimum absolute atomic E-state index is 0.0791. The quantitative estimate of drug-likeness (QED) is 0.634. The number of Topliss-reactive ketones (excluding diaryl/α,β-unsaturated/α-hetero) is 1. The predicted molar refractivity (Wildman–Crippen MR) is 117 cm³/mol. The highest BCUT2D eigenvalue weighted by atomic mass is 16.7. The Morgan fingerprint density at radius 2 is 1.79 bits per heavy atom. The van der Waals surface area contributed by atoms with E-state index in [2.05, 4.69) is 5.32 Å². The van der Waals surface area contributed by atoms with Gasteiger partial charge in [-0.25, -0.2) is 9.59 Å². The summed E-state index contributed by atoms with van der Waals surface area (Å²) in [5, 5.41) is 2.48. The van der Waals surface area contributed by atoms with Crippen LogP contribution in [0.5, 0.6) is 23.0 Å². The van der Waals surface area contributed by atoms with Crippen LogP contribution in [-0.4, -0.2) is 51.0 Å². The molecule has 0 radical (unpaired) electrons. The zero-order valence-electron chi connectivity index (χ0n) is 19.2. The maximum atomic E-state index is 13.4. The van der Waals surface area contributed by atoms with Crippen molar-refractivity contribution in [2.45, 2.75) is 32.1 Å². The maximum Gasteiger partial charge on any atom is 0.408 e. The fourth-order valence-corrected chi connectivity index (χ4v) is 3.77. The lowest BCUT2D eigenvalue weighted by Gasteiger charge is -2.33. The number of alkyl carbamates (subject to hydrolysis) is 1. The third-order valence-electron chi connectivity index (χ3n) is 5.60. The summed E-state index contributed by atoms with van der Waals surface area (Å²) < 4.78 is 32.5. The smallest absolute Gasteiger partial charge is 0.408 e. The summed E-state index contributed by atoms with van der Waals surface area (Å²) in [5.74, 6) is 0.493. The molecular weight excluding hydrogens is 446 g/mol. The van der Waals surface area contributed by atoms with Crippen molar-refractivity contribution in [3.63, 3.8) is 0 Å². The molecule has 0 fully saturated rings. The lowest BCUT2D eigenvalue weighted by Crippen LogP contribution is -2.48. The van der Waals surface area contributed by atoms with Crippen LogP contribution in [0.25, 0.3) is 0 Å². The number of hydrogen-bond donors (Lipinski definition) is 1. The van der Waals surface area contributed by atoms with E-state index in [0.717, 1.165) is 0 Å². The van der Waals surface area contributed by atoms with E-state index in [1.807, 2.05) is 0 Å². The Morgan fingerprint density at radius 3 is 2.50 bits per heavy atom. The van der Waals surface area contributed by atoms with Crippen molar-refractivity contribution in [2.75, 3.05) is 21.0 Å². The Hall–Kier alpha value is -3.95. The van der Waals surface area contributed by atoms with Crippen LogP contribution >= 0.6 is 0 Å². The van der Waals surface area contributed by atoms with Gasteiger partial charge in [-0.2, -0.15) is 0 Å². The molecule has 1 N–H and O–H groups in total. The first-order chi connectivity index (χ1) is 16.3. The molecule has 2 aliphatic rings. The van der Waals surface area contributed by atoms with Crippen molar-refractivity contribution in [3.05, 3.63) is 47.5 Å². The number of methoxy groups -OCH3 is 2. The summed E-state index contributed by atoms with van der Waals surface area (Å²) in [6, 6.07) is 8.88. The van der Waals surface area contributed by atoms with E-state index in [4.69, 9.17) is 28.4 Å². The molecule has 34 heavy (non-hydrogen) atoms. The molecule has 0 bridgehead atoms. The fraction of sp³-hybridized carbons (Fsp3) is 0.375. The van der Waals surface area contributed by atoms with Gasteiger partial charge in [0.25, 0.3) is 0 Å². The second-order valence-electron chi connectivity index (χ2n) is 8.09.